The molecule has 29 heavy (non-hydrogen) atoms. The van der Waals surface area contributed by atoms with Gasteiger partial charge in [-0.2, -0.15) is 0 Å². The second-order valence-corrected chi connectivity index (χ2v) is 8.54. The Kier molecular flexibility index (Phi) is 9.71. The zero-order chi connectivity index (χ0) is 18.5. The van der Waals surface area contributed by atoms with Gasteiger partial charge in [0.2, 0.25) is 0 Å². The summed E-state index contributed by atoms with van der Waals surface area (Å²) in [6, 6.07) is 15.3. The molecule has 2 aliphatic rings. The summed E-state index contributed by atoms with van der Waals surface area (Å²) in [7, 11) is 0. The highest BCUT2D eigenvalue weighted by Gasteiger charge is 2.39. The lowest BCUT2D eigenvalue weighted by atomic mass is 9.73. The predicted octanol–water partition coefficient (Wildman–Crippen LogP) is 5.15. The SMILES string of the molecule is Cl.Cl.OC1(C(CN2CCNCC2)c2cccc3ccccc23)CCCCCCC1. The topological polar surface area (TPSA) is 35.5 Å². The van der Waals surface area contributed by atoms with Crippen LogP contribution in [0.1, 0.15) is 56.4 Å². The van der Waals surface area contributed by atoms with Crippen LogP contribution in [-0.4, -0.2) is 48.3 Å². The van der Waals surface area contributed by atoms with Crippen molar-refractivity contribution >= 4 is 35.6 Å². The van der Waals surface area contributed by atoms with Gasteiger partial charge in [0.1, 0.15) is 0 Å². The lowest BCUT2D eigenvalue weighted by molar-refractivity contribution is -0.0227. The van der Waals surface area contributed by atoms with Crippen molar-refractivity contribution in [2.75, 3.05) is 32.7 Å². The Labute approximate surface area is 188 Å². The van der Waals surface area contributed by atoms with Gasteiger partial charge in [0, 0.05) is 38.6 Å². The summed E-state index contributed by atoms with van der Waals surface area (Å²) >= 11 is 0. The monoisotopic (exact) mass is 438 g/mol. The van der Waals surface area contributed by atoms with Gasteiger partial charge >= 0.3 is 0 Å². The molecule has 1 heterocycles. The number of rotatable bonds is 4. The van der Waals surface area contributed by atoms with E-state index >= 15 is 0 Å². The molecule has 1 unspecified atom stereocenters. The second-order valence-electron chi connectivity index (χ2n) is 8.54. The Morgan fingerprint density at radius 3 is 2.21 bits per heavy atom. The average Bonchev–Trinajstić information content (AvgIpc) is 2.70. The zero-order valence-electron chi connectivity index (χ0n) is 17.3. The van der Waals surface area contributed by atoms with Gasteiger partial charge in [-0.25, -0.2) is 0 Å². The molecule has 162 valence electrons. The number of fused-ring (bicyclic) bond motifs is 1. The first-order valence-corrected chi connectivity index (χ1v) is 10.9. The smallest absolute Gasteiger partial charge is 0.0728 e. The van der Waals surface area contributed by atoms with Crippen LogP contribution in [0.2, 0.25) is 0 Å². The first kappa shape index (κ1) is 24.4. The Bertz CT molecular complexity index is 735. The molecule has 2 N–H and O–H groups in total. The summed E-state index contributed by atoms with van der Waals surface area (Å²) in [6.07, 6.45) is 8.03. The normalized spacial score (nSPS) is 21.3. The summed E-state index contributed by atoms with van der Waals surface area (Å²) < 4.78 is 0. The van der Waals surface area contributed by atoms with Crippen molar-refractivity contribution in [3.63, 3.8) is 0 Å². The summed E-state index contributed by atoms with van der Waals surface area (Å²) in [6.45, 7) is 5.24. The van der Waals surface area contributed by atoms with Crippen LogP contribution >= 0.6 is 24.8 Å². The van der Waals surface area contributed by atoms with E-state index in [4.69, 9.17) is 0 Å². The van der Waals surface area contributed by atoms with Gasteiger partial charge in [0.25, 0.3) is 0 Å². The third-order valence-electron chi connectivity index (χ3n) is 6.72. The van der Waals surface area contributed by atoms with Gasteiger partial charge in [-0.3, -0.25) is 0 Å². The number of aliphatic hydroxyl groups is 1. The number of nitrogens with one attached hydrogen (secondary N) is 1. The molecule has 2 aromatic carbocycles. The number of halogens is 2. The van der Waals surface area contributed by atoms with E-state index in [0.717, 1.165) is 58.4 Å². The molecule has 2 fully saturated rings. The summed E-state index contributed by atoms with van der Waals surface area (Å²) in [5.41, 5.74) is 0.754. The van der Waals surface area contributed by atoms with Gasteiger partial charge < -0.3 is 15.3 Å². The summed E-state index contributed by atoms with van der Waals surface area (Å²) in [5, 5.41) is 18.0. The molecule has 0 amide bonds. The molecule has 5 heteroatoms. The summed E-state index contributed by atoms with van der Waals surface area (Å²) in [4.78, 5) is 2.56. The van der Waals surface area contributed by atoms with Crippen molar-refractivity contribution in [1.29, 1.82) is 0 Å². The highest BCUT2D eigenvalue weighted by Crippen LogP contribution is 2.41. The molecular weight excluding hydrogens is 403 g/mol. The van der Waals surface area contributed by atoms with Gasteiger partial charge in [-0.1, -0.05) is 74.6 Å². The fourth-order valence-corrected chi connectivity index (χ4v) is 5.13. The minimum atomic E-state index is -0.588. The largest absolute Gasteiger partial charge is 0.389 e. The first-order valence-electron chi connectivity index (χ1n) is 10.9. The molecule has 1 atom stereocenters. The molecule has 0 spiro atoms. The molecule has 2 aromatic rings. The van der Waals surface area contributed by atoms with E-state index in [-0.39, 0.29) is 30.7 Å². The van der Waals surface area contributed by atoms with Gasteiger partial charge in [-0.15, -0.1) is 24.8 Å². The maximum atomic E-state index is 11.9. The standard InChI is InChI=1S/C24H34N2O.2ClH/c27-24(13-6-2-1-3-7-14-24)23(19-26-17-15-25-16-18-26)22-12-8-10-20-9-4-5-11-21(20)22;;/h4-5,8-12,23,25,27H,1-3,6-7,13-19H2;2*1H. The van der Waals surface area contributed by atoms with E-state index in [1.54, 1.807) is 0 Å². The van der Waals surface area contributed by atoms with Gasteiger partial charge in [0.15, 0.2) is 0 Å². The highest BCUT2D eigenvalue weighted by atomic mass is 35.5. The predicted molar refractivity (Wildman–Crippen MR) is 128 cm³/mol. The van der Waals surface area contributed by atoms with Crippen LogP contribution in [0.5, 0.6) is 0 Å². The van der Waals surface area contributed by atoms with Crippen LogP contribution in [-0.2, 0) is 0 Å². The van der Waals surface area contributed by atoms with Crippen molar-refractivity contribution in [3.05, 3.63) is 48.0 Å². The molecule has 1 aliphatic carbocycles. The first-order chi connectivity index (χ1) is 13.3. The van der Waals surface area contributed by atoms with Gasteiger partial charge in [-0.05, 0) is 29.2 Å². The van der Waals surface area contributed by atoms with Gasteiger partial charge in [0.05, 0.1) is 5.60 Å². The van der Waals surface area contributed by atoms with Crippen molar-refractivity contribution in [2.45, 2.75) is 56.5 Å². The Morgan fingerprint density at radius 1 is 0.862 bits per heavy atom. The Hall–Kier alpha value is -0.840. The molecule has 1 aliphatic heterocycles. The highest BCUT2D eigenvalue weighted by molar-refractivity contribution is 5.86. The van der Waals surface area contributed by atoms with E-state index in [1.807, 2.05) is 0 Å². The van der Waals surface area contributed by atoms with Crippen molar-refractivity contribution < 1.29 is 5.11 Å². The lowest BCUT2D eigenvalue weighted by Gasteiger charge is -2.42. The Morgan fingerprint density at radius 2 is 1.48 bits per heavy atom. The van der Waals surface area contributed by atoms with E-state index in [2.05, 4.69) is 52.7 Å². The van der Waals surface area contributed by atoms with Crippen LogP contribution in [0.4, 0.5) is 0 Å². The van der Waals surface area contributed by atoms with Crippen LogP contribution in [0, 0.1) is 0 Å². The molecule has 1 saturated heterocycles. The minimum Gasteiger partial charge on any atom is -0.389 e. The fraction of sp³-hybridized carbons (Fsp3) is 0.583. The van der Waals surface area contributed by atoms with E-state index in [0.29, 0.717) is 0 Å². The molecule has 0 radical (unpaired) electrons. The van der Waals surface area contributed by atoms with Crippen molar-refractivity contribution in [2.24, 2.45) is 0 Å². The molecule has 3 nitrogen and oxygen atoms in total. The quantitative estimate of drug-likeness (QED) is 0.692. The zero-order valence-corrected chi connectivity index (χ0v) is 18.9. The van der Waals surface area contributed by atoms with Crippen molar-refractivity contribution in [1.82, 2.24) is 10.2 Å². The number of hydrogen-bond donors (Lipinski definition) is 2. The van der Waals surface area contributed by atoms with Crippen LogP contribution in [0.3, 0.4) is 0 Å². The van der Waals surface area contributed by atoms with E-state index in [1.165, 1.54) is 35.6 Å². The molecule has 0 aromatic heterocycles. The average molecular weight is 439 g/mol. The third-order valence-corrected chi connectivity index (χ3v) is 6.72. The lowest BCUT2D eigenvalue weighted by Crippen LogP contribution is -2.49. The number of piperazine rings is 1. The van der Waals surface area contributed by atoms with E-state index in [9.17, 15) is 5.11 Å². The number of nitrogens with zero attached hydrogens (tertiary/aromatic N) is 1. The number of benzene rings is 2. The van der Waals surface area contributed by atoms with Crippen LogP contribution in [0.15, 0.2) is 42.5 Å². The fourth-order valence-electron chi connectivity index (χ4n) is 5.13. The molecule has 0 bridgehead atoms. The van der Waals surface area contributed by atoms with Crippen LogP contribution < -0.4 is 5.32 Å². The minimum absolute atomic E-state index is 0. The molecule has 1 saturated carbocycles. The van der Waals surface area contributed by atoms with Crippen molar-refractivity contribution in [3.8, 4) is 0 Å². The number of hydrogen-bond acceptors (Lipinski definition) is 3. The maximum absolute atomic E-state index is 11.9. The molecular formula is C24H36Cl2N2O. The summed E-state index contributed by atoms with van der Waals surface area (Å²) in [5.74, 6) is 0.180. The molecule has 4 rings (SSSR count). The Balaban J connectivity index is 0.00000150. The van der Waals surface area contributed by atoms with Crippen LogP contribution in [0.25, 0.3) is 10.8 Å². The second kappa shape index (κ2) is 11.5. The van der Waals surface area contributed by atoms with E-state index < -0.39 is 5.60 Å². The maximum Gasteiger partial charge on any atom is 0.0728 e. The third kappa shape index (κ3) is 5.86.